The van der Waals surface area contributed by atoms with Crippen LogP contribution in [0.5, 0.6) is 5.75 Å². The summed E-state index contributed by atoms with van der Waals surface area (Å²) in [5.74, 6) is 0.858. The van der Waals surface area contributed by atoms with Crippen LogP contribution in [0.3, 0.4) is 0 Å². The molecule has 17 heavy (non-hydrogen) atoms. The predicted molar refractivity (Wildman–Crippen MR) is 70.3 cm³/mol. The Hall–Kier alpha value is -1.06. The zero-order valence-corrected chi connectivity index (χ0v) is 11.3. The van der Waals surface area contributed by atoms with Crippen LogP contribution in [0.2, 0.25) is 0 Å². The minimum atomic E-state index is -0.721. The molecule has 3 heteroatoms. The fraction of sp³-hybridized carbons (Fsp3) is 0.571. The van der Waals surface area contributed by atoms with Crippen molar-refractivity contribution in [1.82, 2.24) is 5.32 Å². The Kier molecular flexibility index (Phi) is 4.54. The van der Waals surface area contributed by atoms with Gasteiger partial charge in [0.05, 0.1) is 12.7 Å². The Labute approximate surface area is 104 Å². The van der Waals surface area contributed by atoms with E-state index in [-0.39, 0.29) is 12.1 Å². The molecule has 0 amide bonds. The lowest BCUT2D eigenvalue weighted by molar-refractivity contribution is 0.0405. The third-order valence-electron chi connectivity index (χ3n) is 3.18. The quantitative estimate of drug-likeness (QED) is 0.826. The van der Waals surface area contributed by atoms with Gasteiger partial charge in [-0.1, -0.05) is 12.1 Å². The second kappa shape index (κ2) is 5.52. The highest BCUT2D eigenvalue weighted by molar-refractivity contribution is 5.28. The van der Waals surface area contributed by atoms with Gasteiger partial charge >= 0.3 is 0 Å². The summed E-state index contributed by atoms with van der Waals surface area (Å²) in [6.07, 6.45) is 0. The van der Waals surface area contributed by atoms with E-state index in [1.807, 2.05) is 45.0 Å². The molecule has 2 atom stereocenters. The van der Waals surface area contributed by atoms with Gasteiger partial charge in [-0.3, -0.25) is 0 Å². The van der Waals surface area contributed by atoms with Crippen LogP contribution in [-0.2, 0) is 0 Å². The number of benzene rings is 1. The van der Waals surface area contributed by atoms with Crippen molar-refractivity contribution in [3.8, 4) is 5.75 Å². The first-order chi connectivity index (χ1) is 7.84. The third kappa shape index (κ3) is 4.02. The van der Waals surface area contributed by atoms with E-state index in [2.05, 4.69) is 12.2 Å². The number of methoxy groups -OCH3 is 1. The van der Waals surface area contributed by atoms with E-state index in [9.17, 15) is 5.11 Å². The summed E-state index contributed by atoms with van der Waals surface area (Å²) in [6.45, 7) is 7.70. The molecule has 0 aliphatic rings. The Bertz CT molecular complexity index is 340. The normalized spacial score (nSPS) is 15.4. The molecule has 1 unspecified atom stereocenters. The van der Waals surface area contributed by atoms with E-state index < -0.39 is 5.60 Å². The van der Waals surface area contributed by atoms with E-state index in [1.54, 1.807) is 7.11 Å². The van der Waals surface area contributed by atoms with E-state index in [1.165, 1.54) is 5.56 Å². The second-order valence-electron chi connectivity index (χ2n) is 5.04. The maximum Gasteiger partial charge on any atom is 0.118 e. The molecule has 0 saturated heterocycles. The first-order valence-electron chi connectivity index (χ1n) is 5.97. The second-order valence-corrected chi connectivity index (χ2v) is 5.04. The standard InChI is InChI=1S/C14H23NO2/c1-10(15-11(2)14(3,4)16)12-6-8-13(17-5)9-7-12/h6-11,15-16H,1-5H3/t10-,11?/m0/s1. The van der Waals surface area contributed by atoms with Crippen molar-refractivity contribution in [2.24, 2.45) is 0 Å². The van der Waals surface area contributed by atoms with Crippen molar-refractivity contribution in [1.29, 1.82) is 0 Å². The van der Waals surface area contributed by atoms with Gasteiger partial charge in [0.2, 0.25) is 0 Å². The van der Waals surface area contributed by atoms with Crippen molar-refractivity contribution < 1.29 is 9.84 Å². The van der Waals surface area contributed by atoms with Gasteiger partial charge in [-0.25, -0.2) is 0 Å². The number of rotatable bonds is 5. The molecular weight excluding hydrogens is 214 g/mol. The lowest BCUT2D eigenvalue weighted by Crippen LogP contribution is -2.45. The smallest absolute Gasteiger partial charge is 0.118 e. The zero-order chi connectivity index (χ0) is 13.1. The Balaban J connectivity index is 2.66. The molecule has 0 fully saturated rings. The van der Waals surface area contributed by atoms with Gasteiger partial charge in [0.15, 0.2) is 0 Å². The van der Waals surface area contributed by atoms with Crippen LogP contribution in [-0.4, -0.2) is 23.9 Å². The van der Waals surface area contributed by atoms with Crippen LogP contribution < -0.4 is 10.1 Å². The van der Waals surface area contributed by atoms with Crippen LogP contribution in [0.1, 0.15) is 39.3 Å². The van der Waals surface area contributed by atoms with Crippen LogP contribution in [0.4, 0.5) is 0 Å². The minimum Gasteiger partial charge on any atom is -0.497 e. The summed E-state index contributed by atoms with van der Waals surface area (Å²) < 4.78 is 5.12. The molecule has 2 N–H and O–H groups in total. The lowest BCUT2D eigenvalue weighted by Gasteiger charge is -2.30. The average molecular weight is 237 g/mol. The van der Waals surface area contributed by atoms with Gasteiger partial charge in [-0.15, -0.1) is 0 Å². The minimum absolute atomic E-state index is 0.0274. The predicted octanol–water partition coefficient (Wildman–Crippen LogP) is 2.51. The maximum atomic E-state index is 9.88. The number of hydrogen-bond acceptors (Lipinski definition) is 3. The van der Waals surface area contributed by atoms with Gasteiger partial charge in [0, 0.05) is 12.1 Å². The van der Waals surface area contributed by atoms with E-state index >= 15 is 0 Å². The summed E-state index contributed by atoms with van der Waals surface area (Å²) in [5, 5.41) is 13.3. The van der Waals surface area contributed by atoms with Crippen LogP contribution in [0.15, 0.2) is 24.3 Å². The highest BCUT2D eigenvalue weighted by atomic mass is 16.5. The summed E-state index contributed by atoms with van der Waals surface area (Å²) in [6, 6.07) is 8.19. The van der Waals surface area contributed by atoms with Crippen molar-refractivity contribution >= 4 is 0 Å². The van der Waals surface area contributed by atoms with Crippen molar-refractivity contribution in [3.63, 3.8) is 0 Å². The molecule has 3 nitrogen and oxygen atoms in total. The molecule has 1 aromatic rings. The zero-order valence-electron chi connectivity index (χ0n) is 11.3. The summed E-state index contributed by atoms with van der Waals surface area (Å²) >= 11 is 0. The highest BCUT2D eigenvalue weighted by Gasteiger charge is 2.23. The van der Waals surface area contributed by atoms with E-state index in [0.29, 0.717) is 0 Å². The highest BCUT2D eigenvalue weighted by Crippen LogP contribution is 2.19. The Morgan fingerprint density at radius 2 is 1.71 bits per heavy atom. The van der Waals surface area contributed by atoms with Crippen LogP contribution >= 0.6 is 0 Å². The average Bonchev–Trinajstić information content (AvgIpc) is 2.27. The molecule has 0 spiro atoms. The first-order valence-corrected chi connectivity index (χ1v) is 5.97. The molecule has 1 aromatic carbocycles. The fourth-order valence-corrected chi connectivity index (χ4v) is 1.57. The molecule has 0 aliphatic carbocycles. The summed E-state index contributed by atoms with van der Waals surface area (Å²) in [4.78, 5) is 0. The van der Waals surface area contributed by atoms with Crippen LogP contribution in [0.25, 0.3) is 0 Å². The molecule has 0 aromatic heterocycles. The largest absolute Gasteiger partial charge is 0.497 e. The van der Waals surface area contributed by atoms with Gasteiger partial charge in [0.1, 0.15) is 5.75 Å². The molecule has 96 valence electrons. The molecule has 0 heterocycles. The monoisotopic (exact) mass is 237 g/mol. The molecular formula is C14H23NO2. The molecule has 1 rings (SSSR count). The fourth-order valence-electron chi connectivity index (χ4n) is 1.57. The van der Waals surface area contributed by atoms with Crippen molar-refractivity contribution in [2.75, 3.05) is 7.11 Å². The maximum absolute atomic E-state index is 9.88. The Morgan fingerprint density at radius 3 is 2.12 bits per heavy atom. The van der Waals surface area contributed by atoms with Crippen LogP contribution in [0, 0.1) is 0 Å². The van der Waals surface area contributed by atoms with E-state index in [4.69, 9.17) is 4.74 Å². The van der Waals surface area contributed by atoms with Gasteiger partial charge < -0.3 is 15.2 Å². The molecule has 0 radical (unpaired) electrons. The summed E-state index contributed by atoms with van der Waals surface area (Å²) in [7, 11) is 1.66. The topological polar surface area (TPSA) is 41.5 Å². The molecule has 0 aliphatic heterocycles. The number of aliphatic hydroxyl groups is 1. The van der Waals surface area contributed by atoms with Gasteiger partial charge in [-0.05, 0) is 45.4 Å². The lowest BCUT2D eigenvalue weighted by atomic mass is 9.98. The first kappa shape index (κ1) is 14.0. The third-order valence-corrected chi connectivity index (χ3v) is 3.18. The molecule has 0 saturated carbocycles. The summed E-state index contributed by atoms with van der Waals surface area (Å²) in [5.41, 5.74) is 0.461. The SMILES string of the molecule is COc1ccc([C@H](C)NC(C)C(C)(C)O)cc1. The number of hydrogen-bond donors (Lipinski definition) is 2. The Morgan fingerprint density at radius 1 is 1.18 bits per heavy atom. The van der Waals surface area contributed by atoms with Gasteiger partial charge in [-0.2, -0.15) is 0 Å². The van der Waals surface area contributed by atoms with Gasteiger partial charge in [0.25, 0.3) is 0 Å². The number of ether oxygens (including phenoxy) is 1. The molecule has 0 bridgehead atoms. The van der Waals surface area contributed by atoms with E-state index in [0.717, 1.165) is 5.75 Å². The number of nitrogens with one attached hydrogen (secondary N) is 1. The van der Waals surface area contributed by atoms with Crippen molar-refractivity contribution in [3.05, 3.63) is 29.8 Å². The van der Waals surface area contributed by atoms with Crippen molar-refractivity contribution in [2.45, 2.75) is 45.4 Å².